The summed E-state index contributed by atoms with van der Waals surface area (Å²) in [5, 5.41) is 4.24. The van der Waals surface area contributed by atoms with Gasteiger partial charge in [0, 0.05) is 51.2 Å². The van der Waals surface area contributed by atoms with Gasteiger partial charge in [0.1, 0.15) is 11.0 Å². The molecule has 164 valence electrons. The molecule has 0 spiro atoms. The summed E-state index contributed by atoms with van der Waals surface area (Å²) >= 11 is 6.08. The van der Waals surface area contributed by atoms with E-state index in [9.17, 15) is 8.42 Å². The van der Waals surface area contributed by atoms with Crippen molar-refractivity contribution in [3.63, 3.8) is 0 Å². The molecule has 2 saturated heterocycles. The first-order chi connectivity index (χ1) is 14.4. The van der Waals surface area contributed by atoms with E-state index in [0.717, 1.165) is 31.6 Å². The summed E-state index contributed by atoms with van der Waals surface area (Å²) < 4.78 is 31.9. The summed E-state index contributed by atoms with van der Waals surface area (Å²) in [6, 6.07) is 1.70. The minimum absolute atomic E-state index is 0.0266. The molecule has 0 amide bonds. The van der Waals surface area contributed by atoms with E-state index in [1.54, 1.807) is 12.3 Å². The van der Waals surface area contributed by atoms with Gasteiger partial charge in [0.15, 0.2) is 0 Å². The summed E-state index contributed by atoms with van der Waals surface area (Å²) in [5.74, 6) is 1.15. The van der Waals surface area contributed by atoms with Gasteiger partial charge in [0.05, 0.1) is 30.7 Å². The van der Waals surface area contributed by atoms with Gasteiger partial charge in [0.25, 0.3) is 0 Å². The molecule has 0 bridgehead atoms. The molecule has 12 heteroatoms. The van der Waals surface area contributed by atoms with Crippen LogP contribution in [0.2, 0.25) is 5.15 Å². The molecule has 4 rings (SSSR count). The molecule has 2 aromatic heterocycles. The lowest BCUT2D eigenvalue weighted by molar-refractivity contribution is 0.0731. The number of piperazine rings is 1. The normalized spacial score (nSPS) is 19.3. The number of nitrogens with one attached hydrogen (secondary N) is 1. The molecule has 1 N–H and O–H groups in total. The Kier molecular flexibility index (Phi) is 6.54. The predicted molar refractivity (Wildman–Crippen MR) is 117 cm³/mol. The fourth-order valence-corrected chi connectivity index (χ4v) is 5.01. The van der Waals surface area contributed by atoms with Crippen molar-refractivity contribution in [1.29, 1.82) is 0 Å². The number of anilines is 2. The first kappa shape index (κ1) is 21.4. The minimum atomic E-state index is -3.36. The SMILES string of the molecule is CN1CCN(c2nc(NCCS(=O)(=O)N3CCOCC3)c3cc(Cl)ncc3n2)CC1. The number of hydrogen-bond acceptors (Lipinski definition) is 9. The first-order valence-corrected chi connectivity index (χ1v) is 12.0. The van der Waals surface area contributed by atoms with Gasteiger partial charge in [-0.15, -0.1) is 0 Å². The average Bonchev–Trinajstić information content (AvgIpc) is 2.75. The number of fused-ring (bicyclic) bond motifs is 1. The zero-order valence-electron chi connectivity index (χ0n) is 16.9. The highest BCUT2D eigenvalue weighted by molar-refractivity contribution is 7.89. The van der Waals surface area contributed by atoms with Crippen molar-refractivity contribution in [3.8, 4) is 0 Å². The zero-order valence-corrected chi connectivity index (χ0v) is 18.5. The third kappa shape index (κ3) is 4.92. The van der Waals surface area contributed by atoms with Crippen LogP contribution in [0, 0.1) is 0 Å². The molecule has 2 aliphatic rings. The van der Waals surface area contributed by atoms with Crippen LogP contribution < -0.4 is 10.2 Å². The van der Waals surface area contributed by atoms with E-state index in [1.165, 1.54) is 4.31 Å². The number of sulfonamides is 1. The lowest BCUT2D eigenvalue weighted by atomic mass is 10.3. The van der Waals surface area contributed by atoms with Gasteiger partial charge in [-0.1, -0.05) is 11.6 Å². The van der Waals surface area contributed by atoms with Crippen molar-refractivity contribution >= 4 is 44.3 Å². The number of pyridine rings is 1. The Morgan fingerprint density at radius 1 is 1.13 bits per heavy atom. The molecule has 2 aromatic rings. The van der Waals surface area contributed by atoms with Crippen LogP contribution in [0.4, 0.5) is 11.8 Å². The smallest absolute Gasteiger partial charge is 0.228 e. The largest absolute Gasteiger partial charge is 0.379 e. The maximum Gasteiger partial charge on any atom is 0.228 e. The van der Waals surface area contributed by atoms with E-state index in [-0.39, 0.29) is 12.3 Å². The van der Waals surface area contributed by atoms with E-state index < -0.39 is 10.0 Å². The number of ether oxygens (including phenoxy) is 1. The molecule has 0 saturated carbocycles. The van der Waals surface area contributed by atoms with E-state index in [1.807, 2.05) is 0 Å². The van der Waals surface area contributed by atoms with E-state index in [2.05, 4.69) is 32.1 Å². The number of aromatic nitrogens is 3. The highest BCUT2D eigenvalue weighted by atomic mass is 35.5. The van der Waals surface area contributed by atoms with E-state index in [0.29, 0.717) is 48.7 Å². The van der Waals surface area contributed by atoms with Crippen molar-refractivity contribution in [2.45, 2.75) is 0 Å². The second kappa shape index (κ2) is 9.15. The fraction of sp³-hybridized carbons (Fsp3) is 0.611. The van der Waals surface area contributed by atoms with E-state index in [4.69, 9.17) is 21.3 Å². The molecule has 10 nitrogen and oxygen atoms in total. The van der Waals surface area contributed by atoms with Crippen LogP contribution in [0.1, 0.15) is 0 Å². The number of likely N-dealkylation sites (N-methyl/N-ethyl adjacent to an activating group) is 1. The molecule has 0 radical (unpaired) electrons. The van der Waals surface area contributed by atoms with Crippen molar-refractivity contribution in [1.82, 2.24) is 24.2 Å². The summed E-state index contributed by atoms with van der Waals surface area (Å²) in [6.07, 6.45) is 1.62. The summed E-state index contributed by atoms with van der Waals surface area (Å²) in [4.78, 5) is 17.9. The van der Waals surface area contributed by atoms with Gasteiger partial charge in [-0.25, -0.2) is 18.4 Å². The van der Waals surface area contributed by atoms with Crippen LogP contribution in [-0.2, 0) is 14.8 Å². The van der Waals surface area contributed by atoms with Gasteiger partial charge in [-0.05, 0) is 13.1 Å². The maximum absolute atomic E-state index is 12.6. The molecular weight excluding hydrogens is 430 g/mol. The van der Waals surface area contributed by atoms with Crippen LogP contribution in [0.3, 0.4) is 0 Å². The Hall–Kier alpha value is -1.79. The van der Waals surface area contributed by atoms with Crippen molar-refractivity contribution < 1.29 is 13.2 Å². The monoisotopic (exact) mass is 455 g/mol. The lowest BCUT2D eigenvalue weighted by Gasteiger charge is -2.32. The molecule has 0 aliphatic carbocycles. The maximum atomic E-state index is 12.6. The lowest BCUT2D eigenvalue weighted by Crippen LogP contribution is -2.45. The standard InChI is InChI=1S/C18H26ClN7O3S/c1-24-3-5-25(6-4-24)18-22-15-13-21-16(19)12-14(15)17(23-18)20-2-11-30(27,28)26-7-9-29-10-8-26/h12-13H,2-11H2,1H3,(H,20,22,23). The van der Waals surface area contributed by atoms with E-state index >= 15 is 0 Å². The van der Waals surface area contributed by atoms with Crippen LogP contribution >= 0.6 is 11.6 Å². The Balaban J connectivity index is 1.53. The molecule has 30 heavy (non-hydrogen) atoms. The Morgan fingerprint density at radius 3 is 2.60 bits per heavy atom. The molecular formula is C18H26ClN7O3S. The summed E-state index contributed by atoms with van der Waals surface area (Å²) in [5.41, 5.74) is 0.668. The number of halogens is 1. The van der Waals surface area contributed by atoms with Crippen LogP contribution in [0.25, 0.3) is 10.9 Å². The number of morpholine rings is 1. The van der Waals surface area contributed by atoms with Crippen molar-refractivity contribution in [3.05, 3.63) is 17.4 Å². The Labute approximate surface area is 181 Å². The van der Waals surface area contributed by atoms with Gasteiger partial charge < -0.3 is 19.9 Å². The molecule has 4 heterocycles. The van der Waals surface area contributed by atoms with Gasteiger partial charge in [-0.2, -0.15) is 9.29 Å². The number of hydrogen-bond donors (Lipinski definition) is 1. The van der Waals surface area contributed by atoms with Gasteiger partial charge in [-0.3, -0.25) is 0 Å². The Morgan fingerprint density at radius 2 is 1.87 bits per heavy atom. The Bertz CT molecular complexity index is 993. The summed E-state index contributed by atoms with van der Waals surface area (Å²) in [7, 11) is -1.27. The second-order valence-electron chi connectivity index (χ2n) is 7.44. The topological polar surface area (TPSA) is 104 Å². The third-order valence-electron chi connectivity index (χ3n) is 5.34. The number of rotatable bonds is 6. The highest BCUT2D eigenvalue weighted by Gasteiger charge is 2.24. The quantitative estimate of drug-likeness (QED) is 0.623. The molecule has 0 atom stereocenters. The van der Waals surface area contributed by atoms with Gasteiger partial charge in [0.2, 0.25) is 16.0 Å². The molecule has 0 aromatic carbocycles. The molecule has 2 fully saturated rings. The third-order valence-corrected chi connectivity index (χ3v) is 7.42. The second-order valence-corrected chi connectivity index (χ2v) is 9.92. The van der Waals surface area contributed by atoms with Crippen LogP contribution in [-0.4, -0.2) is 104 Å². The molecule has 0 unspecified atom stereocenters. The van der Waals surface area contributed by atoms with Gasteiger partial charge >= 0.3 is 0 Å². The van der Waals surface area contributed by atoms with Crippen molar-refractivity contribution in [2.24, 2.45) is 0 Å². The van der Waals surface area contributed by atoms with Crippen LogP contribution in [0.5, 0.6) is 0 Å². The zero-order chi connectivity index (χ0) is 21.1. The van der Waals surface area contributed by atoms with Crippen LogP contribution in [0.15, 0.2) is 12.3 Å². The fourth-order valence-electron chi connectivity index (χ4n) is 3.53. The minimum Gasteiger partial charge on any atom is -0.379 e. The summed E-state index contributed by atoms with van der Waals surface area (Å²) in [6.45, 7) is 5.41. The molecule has 2 aliphatic heterocycles. The number of nitrogens with zero attached hydrogens (tertiary/aromatic N) is 6. The highest BCUT2D eigenvalue weighted by Crippen LogP contribution is 2.25. The average molecular weight is 456 g/mol. The first-order valence-electron chi connectivity index (χ1n) is 9.98. The van der Waals surface area contributed by atoms with Crippen molar-refractivity contribution in [2.75, 3.05) is 82.0 Å². The predicted octanol–water partition coefficient (Wildman–Crippen LogP) is 0.504.